The monoisotopic (exact) mass is 263 g/mol. The molecule has 3 aromatic rings. The number of nitrogens with two attached hydrogens (primary N) is 1. The van der Waals surface area contributed by atoms with Crippen LogP contribution in [0.5, 0.6) is 0 Å². The van der Waals surface area contributed by atoms with Gasteiger partial charge in [0, 0.05) is 11.9 Å². The normalized spacial score (nSPS) is 10.7. The number of nitrogens with zero attached hydrogens (tertiary/aromatic N) is 1. The van der Waals surface area contributed by atoms with Crippen molar-refractivity contribution in [2.24, 2.45) is 0 Å². The van der Waals surface area contributed by atoms with Crippen molar-refractivity contribution in [2.75, 3.05) is 11.1 Å². The summed E-state index contributed by atoms with van der Waals surface area (Å²) in [5.74, 6) is 0. The smallest absolute Gasteiger partial charge is 0.0772 e. The Hall–Kier alpha value is -2.55. The van der Waals surface area contributed by atoms with Gasteiger partial charge >= 0.3 is 0 Å². The van der Waals surface area contributed by atoms with Crippen LogP contribution >= 0.6 is 0 Å². The Morgan fingerprint density at radius 3 is 2.50 bits per heavy atom. The molecule has 2 aromatic carbocycles. The number of anilines is 2. The second kappa shape index (κ2) is 5.21. The maximum absolute atomic E-state index is 6.19. The zero-order valence-corrected chi connectivity index (χ0v) is 11.4. The van der Waals surface area contributed by atoms with Gasteiger partial charge in [0.15, 0.2) is 0 Å². The van der Waals surface area contributed by atoms with Gasteiger partial charge in [-0.2, -0.15) is 0 Å². The minimum atomic E-state index is 0.722. The highest BCUT2D eigenvalue weighted by Gasteiger charge is 2.09. The first-order valence-electron chi connectivity index (χ1n) is 6.68. The van der Waals surface area contributed by atoms with Crippen LogP contribution in [-0.4, -0.2) is 4.98 Å². The van der Waals surface area contributed by atoms with E-state index in [2.05, 4.69) is 22.4 Å². The average Bonchev–Trinajstić information content (AvgIpc) is 2.49. The molecule has 0 radical (unpaired) electrons. The molecule has 3 rings (SSSR count). The molecule has 1 heterocycles. The Morgan fingerprint density at radius 1 is 1.00 bits per heavy atom. The summed E-state index contributed by atoms with van der Waals surface area (Å²) in [5.41, 5.74) is 10.9. The summed E-state index contributed by atoms with van der Waals surface area (Å²) < 4.78 is 0. The summed E-state index contributed by atoms with van der Waals surface area (Å²) in [7, 11) is 0. The van der Waals surface area contributed by atoms with Gasteiger partial charge in [-0.3, -0.25) is 4.98 Å². The molecule has 0 unspecified atom stereocenters. The minimum Gasteiger partial charge on any atom is -0.396 e. The van der Waals surface area contributed by atoms with Gasteiger partial charge in [0.05, 0.1) is 22.6 Å². The van der Waals surface area contributed by atoms with Crippen LogP contribution in [0.4, 0.5) is 11.4 Å². The number of aryl methyl sites for hydroxylation is 1. The Labute approximate surface area is 118 Å². The number of para-hydroxylation sites is 1. The number of fused-ring (bicyclic) bond motifs is 1. The van der Waals surface area contributed by atoms with Crippen molar-refractivity contribution in [1.29, 1.82) is 0 Å². The molecule has 0 aliphatic carbocycles. The molecule has 0 saturated heterocycles. The van der Waals surface area contributed by atoms with Gasteiger partial charge in [-0.15, -0.1) is 0 Å². The van der Waals surface area contributed by atoms with Gasteiger partial charge in [0.25, 0.3) is 0 Å². The van der Waals surface area contributed by atoms with Crippen LogP contribution in [0.25, 0.3) is 10.9 Å². The topological polar surface area (TPSA) is 50.9 Å². The standard InChI is InChI=1S/C17H17N3/c1-12-16(18)17(14-9-5-6-10-15(14)20-12)19-11-13-7-3-2-4-8-13/h2-10H,11,18H2,1H3,(H,19,20). The second-order valence-electron chi connectivity index (χ2n) is 4.84. The van der Waals surface area contributed by atoms with Gasteiger partial charge in [0.2, 0.25) is 0 Å². The number of nitrogen functional groups attached to an aromatic ring is 1. The SMILES string of the molecule is Cc1nc2ccccc2c(NCc2ccccc2)c1N. The number of pyridine rings is 1. The van der Waals surface area contributed by atoms with Crippen molar-refractivity contribution >= 4 is 22.3 Å². The maximum atomic E-state index is 6.19. The quantitative estimate of drug-likeness (QED) is 0.757. The fraction of sp³-hybridized carbons (Fsp3) is 0.118. The largest absolute Gasteiger partial charge is 0.396 e. The maximum Gasteiger partial charge on any atom is 0.0772 e. The number of aromatic nitrogens is 1. The van der Waals surface area contributed by atoms with Crippen molar-refractivity contribution in [3.8, 4) is 0 Å². The molecule has 0 fully saturated rings. The van der Waals surface area contributed by atoms with Gasteiger partial charge in [-0.25, -0.2) is 0 Å². The third kappa shape index (κ3) is 2.30. The summed E-state index contributed by atoms with van der Waals surface area (Å²) in [6.07, 6.45) is 0. The summed E-state index contributed by atoms with van der Waals surface area (Å²) in [4.78, 5) is 4.53. The van der Waals surface area contributed by atoms with E-state index in [1.165, 1.54) is 5.56 Å². The van der Waals surface area contributed by atoms with Crippen molar-refractivity contribution in [3.05, 3.63) is 65.9 Å². The van der Waals surface area contributed by atoms with Crippen LogP contribution in [-0.2, 0) is 6.54 Å². The Balaban J connectivity index is 2.00. The molecular weight excluding hydrogens is 246 g/mol. The highest BCUT2D eigenvalue weighted by atomic mass is 14.9. The Kier molecular flexibility index (Phi) is 3.25. The van der Waals surface area contributed by atoms with Crippen LogP contribution in [0, 0.1) is 6.92 Å². The van der Waals surface area contributed by atoms with Gasteiger partial charge in [-0.1, -0.05) is 48.5 Å². The molecule has 100 valence electrons. The predicted molar refractivity (Wildman–Crippen MR) is 84.7 cm³/mol. The molecular formula is C17H17N3. The molecule has 0 aliphatic rings. The van der Waals surface area contributed by atoms with Gasteiger partial charge in [-0.05, 0) is 18.6 Å². The van der Waals surface area contributed by atoms with E-state index >= 15 is 0 Å². The number of rotatable bonds is 3. The predicted octanol–water partition coefficient (Wildman–Crippen LogP) is 3.74. The van der Waals surface area contributed by atoms with Crippen LogP contribution < -0.4 is 11.1 Å². The number of benzene rings is 2. The third-order valence-electron chi connectivity index (χ3n) is 3.43. The van der Waals surface area contributed by atoms with E-state index in [1.807, 2.05) is 49.4 Å². The van der Waals surface area contributed by atoms with Gasteiger partial charge in [0.1, 0.15) is 0 Å². The lowest BCUT2D eigenvalue weighted by molar-refractivity contribution is 1.15. The van der Waals surface area contributed by atoms with E-state index in [-0.39, 0.29) is 0 Å². The van der Waals surface area contributed by atoms with Crippen LogP contribution in [0.2, 0.25) is 0 Å². The van der Waals surface area contributed by atoms with E-state index in [0.717, 1.165) is 34.5 Å². The molecule has 3 N–H and O–H groups in total. The van der Waals surface area contributed by atoms with Crippen LogP contribution in [0.15, 0.2) is 54.6 Å². The highest BCUT2D eigenvalue weighted by Crippen LogP contribution is 2.30. The zero-order chi connectivity index (χ0) is 13.9. The molecule has 3 heteroatoms. The lowest BCUT2D eigenvalue weighted by Gasteiger charge is -2.14. The summed E-state index contributed by atoms with van der Waals surface area (Å²) in [5, 5.41) is 4.51. The average molecular weight is 263 g/mol. The number of nitrogens with one attached hydrogen (secondary N) is 1. The zero-order valence-electron chi connectivity index (χ0n) is 11.4. The lowest BCUT2D eigenvalue weighted by Crippen LogP contribution is -2.05. The van der Waals surface area contributed by atoms with Crippen LogP contribution in [0.1, 0.15) is 11.3 Å². The first kappa shape index (κ1) is 12.5. The highest BCUT2D eigenvalue weighted by molar-refractivity contribution is 5.97. The fourth-order valence-electron chi connectivity index (χ4n) is 2.33. The van der Waals surface area contributed by atoms with E-state index in [1.54, 1.807) is 0 Å². The van der Waals surface area contributed by atoms with E-state index in [9.17, 15) is 0 Å². The summed E-state index contributed by atoms with van der Waals surface area (Å²) >= 11 is 0. The molecule has 0 spiro atoms. The summed E-state index contributed by atoms with van der Waals surface area (Å²) in [6, 6.07) is 18.3. The fourth-order valence-corrected chi connectivity index (χ4v) is 2.33. The van der Waals surface area contributed by atoms with Crippen molar-refractivity contribution in [3.63, 3.8) is 0 Å². The number of hydrogen-bond acceptors (Lipinski definition) is 3. The van der Waals surface area contributed by atoms with Crippen molar-refractivity contribution in [2.45, 2.75) is 13.5 Å². The second-order valence-corrected chi connectivity index (χ2v) is 4.84. The molecule has 20 heavy (non-hydrogen) atoms. The lowest BCUT2D eigenvalue weighted by atomic mass is 10.1. The van der Waals surface area contributed by atoms with E-state index in [0.29, 0.717) is 0 Å². The van der Waals surface area contributed by atoms with Gasteiger partial charge < -0.3 is 11.1 Å². The molecule has 0 bridgehead atoms. The molecule has 0 saturated carbocycles. The van der Waals surface area contributed by atoms with Crippen molar-refractivity contribution in [1.82, 2.24) is 4.98 Å². The molecule has 0 amide bonds. The third-order valence-corrected chi connectivity index (χ3v) is 3.43. The first-order valence-corrected chi connectivity index (χ1v) is 6.68. The summed E-state index contributed by atoms with van der Waals surface area (Å²) in [6.45, 7) is 2.69. The van der Waals surface area contributed by atoms with Crippen LogP contribution in [0.3, 0.4) is 0 Å². The van der Waals surface area contributed by atoms with Crippen molar-refractivity contribution < 1.29 is 0 Å². The van der Waals surface area contributed by atoms with E-state index < -0.39 is 0 Å². The minimum absolute atomic E-state index is 0.722. The molecule has 1 aromatic heterocycles. The molecule has 0 aliphatic heterocycles. The van der Waals surface area contributed by atoms with E-state index in [4.69, 9.17) is 5.73 Å². The first-order chi connectivity index (χ1) is 9.75. The molecule has 0 atom stereocenters. The Morgan fingerprint density at radius 2 is 1.70 bits per heavy atom. The number of hydrogen-bond donors (Lipinski definition) is 2. The Bertz CT molecular complexity index is 736. The molecule has 3 nitrogen and oxygen atoms in total.